The SMILES string of the molecule is CCc1ccc(CC(Cc2c[nH]c3ccccc23)(NC(=O)CN2CCN(c3ccccc3)CC2)C(=O)NC)cc1CC. The van der Waals surface area contributed by atoms with Crippen molar-refractivity contribution >= 4 is 28.4 Å². The van der Waals surface area contributed by atoms with E-state index in [1.54, 1.807) is 7.05 Å². The number of aromatic amines is 1. The van der Waals surface area contributed by atoms with Crippen LogP contribution in [0.2, 0.25) is 0 Å². The van der Waals surface area contributed by atoms with Gasteiger partial charge >= 0.3 is 0 Å². The Morgan fingerprint density at radius 2 is 1.55 bits per heavy atom. The van der Waals surface area contributed by atoms with Gasteiger partial charge in [0.25, 0.3) is 0 Å². The Morgan fingerprint density at radius 3 is 2.26 bits per heavy atom. The zero-order valence-electron chi connectivity index (χ0n) is 25.1. The Balaban J connectivity index is 1.40. The second-order valence-electron chi connectivity index (χ2n) is 11.3. The fraction of sp³-hybridized carbons (Fsp3) is 0.371. The highest BCUT2D eigenvalue weighted by atomic mass is 16.2. The molecule has 0 bridgehead atoms. The van der Waals surface area contributed by atoms with Gasteiger partial charge in [-0.15, -0.1) is 0 Å². The van der Waals surface area contributed by atoms with E-state index in [0.29, 0.717) is 12.8 Å². The summed E-state index contributed by atoms with van der Waals surface area (Å²) in [5.41, 5.74) is 5.73. The molecule has 7 nitrogen and oxygen atoms in total. The molecule has 0 radical (unpaired) electrons. The van der Waals surface area contributed by atoms with Crippen LogP contribution >= 0.6 is 0 Å². The van der Waals surface area contributed by atoms with Crippen molar-refractivity contribution in [3.05, 3.63) is 101 Å². The molecule has 4 aromatic rings. The van der Waals surface area contributed by atoms with E-state index in [2.05, 4.69) is 87.8 Å². The van der Waals surface area contributed by atoms with Crippen molar-refractivity contribution in [1.29, 1.82) is 0 Å². The quantitative estimate of drug-likeness (QED) is 0.250. The van der Waals surface area contributed by atoms with Crippen LogP contribution in [0.5, 0.6) is 0 Å². The maximum Gasteiger partial charge on any atom is 0.246 e. The Bertz CT molecular complexity index is 1510. The number of likely N-dealkylation sites (N-methyl/N-ethyl adjacent to an activating group) is 1. The summed E-state index contributed by atoms with van der Waals surface area (Å²) in [5, 5.41) is 7.22. The van der Waals surface area contributed by atoms with Crippen molar-refractivity contribution in [1.82, 2.24) is 20.5 Å². The second-order valence-corrected chi connectivity index (χ2v) is 11.3. The monoisotopic (exact) mass is 565 g/mol. The van der Waals surface area contributed by atoms with Gasteiger partial charge in [0.05, 0.1) is 6.54 Å². The molecular weight excluding hydrogens is 522 g/mol. The number of carbonyl (C=O) groups excluding carboxylic acids is 2. The number of piperazine rings is 1. The minimum absolute atomic E-state index is 0.132. The van der Waals surface area contributed by atoms with Crippen molar-refractivity contribution in [2.24, 2.45) is 0 Å². The zero-order chi connectivity index (χ0) is 29.5. The van der Waals surface area contributed by atoms with Gasteiger partial charge in [-0.2, -0.15) is 0 Å². The summed E-state index contributed by atoms with van der Waals surface area (Å²) in [6, 6.07) is 25.0. The fourth-order valence-corrected chi connectivity index (χ4v) is 6.33. The topological polar surface area (TPSA) is 80.5 Å². The number of hydrogen-bond donors (Lipinski definition) is 3. The predicted octanol–water partition coefficient (Wildman–Crippen LogP) is 4.50. The molecule has 2 amide bonds. The average Bonchev–Trinajstić information content (AvgIpc) is 3.43. The summed E-state index contributed by atoms with van der Waals surface area (Å²) < 4.78 is 0. The molecule has 1 saturated heterocycles. The Labute approximate surface area is 249 Å². The van der Waals surface area contributed by atoms with Gasteiger partial charge in [-0.3, -0.25) is 14.5 Å². The molecule has 220 valence electrons. The number of aryl methyl sites for hydroxylation is 2. The third-order valence-electron chi connectivity index (χ3n) is 8.61. The van der Waals surface area contributed by atoms with E-state index in [1.807, 2.05) is 30.5 Å². The molecule has 42 heavy (non-hydrogen) atoms. The number of para-hydroxylation sites is 2. The van der Waals surface area contributed by atoms with Gasteiger partial charge < -0.3 is 20.5 Å². The molecule has 7 heteroatoms. The molecule has 1 aromatic heterocycles. The summed E-state index contributed by atoms with van der Waals surface area (Å²) in [7, 11) is 1.65. The summed E-state index contributed by atoms with van der Waals surface area (Å²) in [5.74, 6) is -0.319. The minimum Gasteiger partial charge on any atom is -0.369 e. The largest absolute Gasteiger partial charge is 0.369 e. The second kappa shape index (κ2) is 13.3. The Kier molecular flexibility index (Phi) is 9.28. The first-order valence-corrected chi connectivity index (χ1v) is 15.2. The number of H-pyrrole nitrogens is 1. The number of benzene rings is 3. The number of rotatable bonds is 11. The highest BCUT2D eigenvalue weighted by Crippen LogP contribution is 2.27. The smallest absolute Gasteiger partial charge is 0.246 e. The lowest BCUT2D eigenvalue weighted by Crippen LogP contribution is -2.62. The molecule has 0 saturated carbocycles. The molecule has 2 heterocycles. The molecule has 3 N–H and O–H groups in total. The van der Waals surface area contributed by atoms with E-state index >= 15 is 0 Å². The normalized spacial score (nSPS) is 15.4. The molecule has 0 spiro atoms. The molecule has 1 atom stereocenters. The minimum atomic E-state index is -1.15. The lowest BCUT2D eigenvalue weighted by molar-refractivity contribution is -0.134. The molecule has 1 unspecified atom stereocenters. The maximum atomic E-state index is 13.8. The number of nitrogens with one attached hydrogen (secondary N) is 3. The standard InChI is InChI=1S/C35H43N5O2/c1-4-27-16-15-26(21-28(27)5-2)22-35(34(42)36-3,23-29-24-37-32-14-10-9-13-31(29)32)38-33(41)25-39-17-19-40(20-18-39)30-11-7-6-8-12-30/h6-16,21,24,37H,4-5,17-20,22-23,25H2,1-3H3,(H,36,42)(H,38,41). The molecular formula is C35H43N5O2. The van der Waals surface area contributed by atoms with Gasteiger partial charge in [-0.05, 0) is 53.3 Å². The van der Waals surface area contributed by atoms with Gasteiger partial charge in [-0.1, -0.05) is 68.4 Å². The van der Waals surface area contributed by atoms with E-state index in [0.717, 1.165) is 61.1 Å². The van der Waals surface area contributed by atoms with Crippen molar-refractivity contribution in [2.75, 3.05) is 44.7 Å². The molecule has 3 aromatic carbocycles. The molecule has 1 aliphatic heterocycles. The number of aromatic nitrogens is 1. The third kappa shape index (κ3) is 6.52. The van der Waals surface area contributed by atoms with Crippen LogP contribution in [0, 0.1) is 0 Å². The van der Waals surface area contributed by atoms with Crippen LogP contribution < -0.4 is 15.5 Å². The van der Waals surface area contributed by atoms with Gasteiger partial charge in [0, 0.05) is 68.9 Å². The molecule has 0 aliphatic carbocycles. The number of fused-ring (bicyclic) bond motifs is 1. The van der Waals surface area contributed by atoms with Crippen molar-refractivity contribution in [3.8, 4) is 0 Å². The average molecular weight is 566 g/mol. The first-order chi connectivity index (χ1) is 20.4. The van der Waals surface area contributed by atoms with Gasteiger partial charge in [0.1, 0.15) is 5.54 Å². The van der Waals surface area contributed by atoms with E-state index in [1.165, 1.54) is 16.8 Å². The lowest BCUT2D eigenvalue weighted by Gasteiger charge is -2.37. The zero-order valence-corrected chi connectivity index (χ0v) is 25.1. The number of amides is 2. The number of nitrogens with zero attached hydrogens (tertiary/aromatic N) is 2. The van der Waals surface area contributed by atoms with Crippen molar-refractivity contribution in [2.45, 2.75) is 45.1 Å². The van der Waals surface area contributed by atoms with Crippen LogP contribution in [0.4, 0.5) is 5.69 Å². The number of hydrogen-bond acceptors (Lipinski definition) is 4. The Morgan fingerprint density at radius 1 is 0.833 bits per heavy atom. The van der Waals surface area contributed by atoms with Crippen LogP contribution in [0.3, 0.4) is 0 Å². The lowest BCUT2D eigenvalue weighted by atomic mass is 9.82. The van der Waals surface area contributed by atoms with Crippen LogP contribution in [-0.2, 0) is 35.3 Å². The number of carbonyl (C=O) groups is 2. The first-order valence-electron chi connectivity index (χ1n) is 15.2. The van der Waals surface area contributed by atoms with Crippen LogP contribution in [0.25, 0.3) is 10.9 Å². The van der Waals surface area contributed by atoms with Crippen LogP contribution in [-0.4, -0.2) is 67.0 Å². The van der Waals surface area contributed by atoms with Crippen molar-refractivity contribution < 1.29 is 9.59 Å². The van der Waals surface area contributed by atoms with Gasteiger partial charge in [0.15, 0.2) is 0 Å². The molecule has 1 fully saturated rings. The van der Waals surface area contributed by atoms with Crippen molar-refractivity contribution in [3.63, 3.8) is 0 Å². The fourth-order valence-electron chi connectivity index (χ4n) is 6.33. The van der Waals surface area contributed by atoms with E-state index in [-0.39, 0.29) is 18.4 Å². The number of anilines is 1. The summed E-state index contributed by atoms with van der Waals surface area (Å²) in [6.45, 7) is 7.87. The van der Waals surface area contributed by atoms with Gasteiger partial charge in [0.2, 0.25) is 11.8 Å². The summed E-state index contributed by atoms with van der Waals surface area (Å²) >= 11 is 0. The third-order valence-corrected chi connectivity index (χ3v) is 8.61. The summed E-state index contributed by atoms with van der Waals surface area (Å²) in [4.78, 5) is 35.5. The molecule has 5 rings (SSSR count). The van der Waals surface area contributed by atoms with Gasteiger partial charge in [-0.25, -0.2) is 0 Å². The first kappa shape index (κ1) is 29.4. The molecule has 1 aliphatic rings. The predicted molar refractivity (Wildman–Crippen MR) is 171 cm³/mol. The summed E-state index contributed by atoms with van der Waals surface area (Å²) in [6.07, 6.45) is 4.63. The maximum absolute atomic E-state index is 13.8. The van der Waals surface area contributed by atoms with E-state index < -0.39 is 5.54 Å². The Hall–Kier alpha value is -4.10. The van der Waals surface area contributed by atoms with E-state index in [9.17, 15) is 9.59 Å². The van der Waals surface area contributed by atoms with Crippen LogP contribution in [0.1, 0.15) is 36.1 Å². The van der Waals surface area contributed by atoms with Crippen LogP contribution in [0.15, 0.2) is 79.0 Å². The highest BCUT2D eigenvalue weighted by Gasteiger charge is 2.41. The van der Waals surface area contributed by atoms with E-state index in [4.69, 9.17) is 0 Å². The highest BCUT2D eigenvalue weighted by molar-refractivity contribution is 5.93.